The molecule has 0 amide bonds. The summed E-state index contributed by atoms with van der Waals surface area (Å²) in [5, 5.41) is 0. The van der Waals surface area contributed by atoms with Crippen LogP contribution in [0.2, 0.25) is 0 Å². The van der Waals surface area contributed by atoms with Gasteiger partial charge in [0.1, 0.15) is 6.10 Å². The number of hydrogen-bond acceptors (Lipinski definition) is 6. The SMILES string of the molecule is CC(=O)O[C@@H]1C=C[C@H](COC(=O)c2ccccc2)[C@@H](COC(=O)c2ccccc2)C1. The molecule has 0 saturated carbocycles. The molecule has 3 rings (SSSR count). The third kappa shape index (κ3) is 6.04. The van der Waals surface area contributed by atoms with Gasteiger partial charge in [0, 0.05) is 18.8 Å². The fourth-order valence-corrected chi connectivity index (χ4v) is 3.33. The minimum absolute atomic E-state index is 0.128. The molecule has 3 atom stereocenters. The predicted molar refractivity (Wildman–Crippen MR) is 110 cm³/mol. The molecule has 2 aromatic carbocycles. The lowest BCUT2D eigenvalue weighted by atomic mass is 9.83. The first kappa shape index (κ1) is 21.3. The standard InChI is InChI=1S/C24H24O6/c1-17(25)30-22-13-12-20(15-28-23(26)18-8-4-2-5-9-18)21(14-22)16-29-24(27)19-10-6-3-7-11-19/h2-13,20-22H,14-16H2,1H3/t20-,21-,22-/m1/s1. The molecule has 0 fully saturated rings. The van der Waals surface area contributed by atoms with Gasteiger partial charge in [-0.15, -0.1) is 0 Å². The highest BCUT2D eigenvalue weighted by atomic mass is 16.5. The van der Waals surface area contributed by atoms with Crippen LogP contribution in [-0.4, -0.2) is 37.2 Å². The van der Waals surface area contributed by atoms with Crippen molar-refractivity contribution >= 4 is 17.9 Å². The van der Waals surface area contributed by atoms with Crippen molar-refractivity contribution in [3.8, 4) is 0 Å². The molecule has 0 radical (unpaired) electrons. The van der Waals surface area contributed by atoms with Gasteiger partial charge in [-0.1, -0.05) is 42.5 Å². The molecule has 1 aliphatic rings. The largest absolute Gasteiger partial charge is 0.462 e. The third-order valence-corrected chi connectivity index (χ3v) is 4.89. The second-order valence-corrected chi connectivity index (χ2v) is 7.12. The monoisotopic (exact) mass is 408 g/mol. The molecule has 0 N–H and O–H groups in total. The van der Waals surface area contributed by atoms with Crippen molar-refractivity contribution in [2.45, 2.75) is 19.4 Å². The lowest BCUT2D eigenvalue weighted by Gasteiger charge is -2.30. The summed E-state index contributed by atoms with van der Waals surface area (Å²) in [6.45, 7) is 1.62. The zero-order chi connectivity index (χ0) is 21.3. The molecule has 2 aromatic rings. The minimum Gasteiger partial charge on any atom is -0.462 e. The van der Waals surface area contributed by atoms with E-state index in [2.05, 4.69) is 0 Å². The zero-order valence-corrected chi connectivity index (χ0v) is 16.7. The quantitative estimate of drug-likeness (QED) is 0.394. The van der Waals surface area contributed by atoms with Crippen molar-refractivity contribution in [2.75, 3.05) is 13.2 Å². The van der Waals surface area contributed by atoms with Gasteiger partial charge in [0.05, 0.1) is 24.3 Å². The van der Waals surface area contributed by atoms with Gasteiger partial charge in [0.2, 0.25) is 0 Å². The van der Waals surface area contributed by atoms with Crippen molar-refractivity contribution in [1.29, 1.82) is 0 Å². The van der Waals surface area contributed by atoms with Crippen molar-refractivity contribution < 1.29 is 28.6 Å². The summed E-state index contributed by atoms with van der Waals surface area (Å²) in [5.41, 5.74) is 0.939. The van der Waals surface area contributed by atoms with Crippen LogP contribution in [0.5, 0.6) is 0 Å². The summed E-state index contributed by atoms with van der Waals surface area (Å²) in [7, 11) is 0. The Morgan fingerprint density at radius 2 is 1.33 bits per heavy atom. The molecule has 6 heteroatoms. The molecule has 30 heavy (non-hydrogen) atoms. The lowest BCUT2D eigenvalue weighted by Crippen LogP contribution is -2.33. The topological polar surface area (TPSA) is 78.9 Å². The summed E-state index contributed by atoms with van der Waals surface area (Å²) >= 11 is 0. The van der Waals surface area contributed by atoms with Gasteiger partial charge in [-0.25, -0.2) is 9.59 Å². The van der Waals surface area contributed by atoms with E-state index in [0.717, 1.165) is 0 Å². The van der Waals surface area contributed by atoms with Gasteiger partial charge in [-0.05, 0) is 36.8 Å². The maximum Gasteiger partial charge on any atom is 0.338 e. The highest BCUT2D eigenvalue weighted by molar-refractivity contribution is 5.89. The van der Waals surface area contributed by atoms with Crippen LogP contribution in [0.3, 0.4) is 0 Å². The second-order valence-electron chi connectivity index (χ2n) is 7.12. The Balaban J connectivity index is 1.63. The highest BCUT2D eigenvalue weighted by Gasteiger charge is 2.30. The van der Waals surface area contributed by atoms with Crippen molar-refractivity contribution in [3.63, 3.8) is 0 Å². The van der Waals surface area contributed by atoms with Crippen molar-refractivity contribution in [3.05, 3.63) is 83.9 Å². The molecule has 0 saturated heterocycles. The van der Waals surface area contributed by atoms with E-state index in [9.17, 15) is 14.4 Å². The van der Waals surface area contributed by atoms with Crippen LogP contribution in [0.1, 0.15) is 34.1 Å². The Morgan fingerprint density at radius 1 is 0.800 bits per heavy atom. The summed E-state index contributed by atoms with van der Waals surface area (Å²) in [4.78, 5) is 35.9. The Labute approximate surface area is 175 Å². The first-order valence-corrected chi connectivity index (χ1v) is 9.83. The van der Waals surface area contributed by atoms with Gasteiger partial charge in [-0.2, -0.15) is 0 Å². The van der Waals surface area contributed by atoms with Crippen molar-refractivity contribution in [2.24, 2.45) is 11.8 Å². The average Bonchev–Trinajstić information content (AvgIpc) is 2.77. The van der Waals surface area contributed by atoms with Crippen LogP contribution < -0.4 is 0 Å². The fourth-order valence-electron chi connectivity index (χ4n) is 3.33. The molecular formula is C24H24O6. The summed E-state index contributed by atoms with van der Waals surface area (Å²) in [6.07, 6.45) is 3.73. The molecule has 0 heterocycles. The Morgan fingerprint density at radius 3 is 1.87 bits per heavy atom. The Bertz CT molecular complexity index is 890. The Kier molecular flexibility index (Phi) is 7.38. The number of benzene rings is 2. The summed E-state index contributed by atoms with van der Waals surface area (Å²) < 4.78 is 16.2. The van der Waals surface area contributed by atoms with Crippen LogP contribution in [0.15, 0.2) is 72.8 Å². The first-order chi connectivity index (χ1) is 14.5. The third-order valence-electron chi connectivity index (χ3n) is 4.89. The van der Waals surface area contributed by atoms with E-state index < -0.39 is 18.0 Å². The van der Waals surface area contributed by atoms with Gasteiger partial charge < -0.3 is 14.2 Å². The normalized spacial score (nSPS) is 20.2. The molecule has 156 valence electrons. The number of carbonyl (C=O) groups excluding carboxylic acids is 3. The van der Waals surface area contributed by atoms with Gasteiger partial charge in [0.25, 0.3) is 0 Å². The number of esters is 3. The van der Waals surface area contributed by atoms with E-state index >= 15 is 0 Å². The average molecular weight is 408 g/mol. The second kappa shape index (κ2) is 10.4. The van der Waals surface area contributed by atoms with E-state index in [1.807, 2.05) is 18.2 Å². The van der Waals surface area contributed by atoms with E-state index in [0.29, 0.717) is 17.5 Å². The highest BCUT2D eigenvalue weighted by Crippen LogP contribution is 2.28. The molecule has 6 nitrogen and oxygen atoms in total. The minimum atomic E-state index is -0.422. The first-order valence-electron chi connectivity index (χ1n) is 9.83. The van der Waals surface area contributed by atoms with E-state index in [-0.39, 0.29) is 31.0 Å². The molecule has 0 aromatic heterocycles. The van der Waals surface area contributed by atoms with Crippen LogP contribution in [0.25, 0.3) is 0 Å². The maximum absolute atomic E-state index is 12.3. The predicted octanol–water partition coefficient (Wildman–Crippen LogP) is 3.82. The molecule has 0 unspecified atom stereocenters. The molecule has 0 aliphatic heterocycles. The Hall–Kier alpha value is -3.41. The van der Waals surface area contributed by atoms with E-state index in [1.165, 1.54) is 6.92 Å². The van der Waals surface area contributed by atoms with Gasteiger partial charge >= 0.3 is 17.9 Å². The van der Waals surface area contributed by atoms with Gasteiger partial charge in [0.15, 0.2) is 0 Å². The molecule has 0 bridgehead atoms. The van der Waals surface area contributed by atoms with Crippen molar-refractivity contribution in [1.82, 2.24) is 0 Å². The fraction of sp³-hybridized carbons (Fsp3) is 0.292. The number of ether oxygens (including phenoxy) is 3. The smallest absolute Gasteiger partial charge is 0.338 e. The number of hydrogen-bond donors (Lipinski definition) is 0. The van der Waals surface area contributed by atoms with E-state index in [4.69, 9.17) is 14.2 Å². The van der Waals surface area contributed by atoms with Crippen LogP contribution in [0.4, 0.5) is 0 Å². The molecule has 1 aliphatic carbocycles. The summed E-state index contributed by atoms with van der Waals surface area (Å²) in [5.74, 6) is -1.53. The number of rotatable bonds is 7. The van der Waals surface area contributed by atoms with Crippen LogP contribution in [0, 0.1) is 11.8 Å². The molecular weight excluding hydrogens is 384 g/mol. The molecule has 0 spiro atoms. The maximum atomic E-state index is 12.3. The lowest BCUT2D eigenvalue weighted by molar-refractivity contribution is -0.145. The van der Waals surface area contributed by atoms with E-state index in [1.54, 1.807) is 54.6 Å². The van der Waals surface area contributed by atoms with Crippen LogP contribution >= 0.6 is 0 Å². The van der Waals surface area contributed by atoms with Gasteiger partial charge in [-0.3, -0.25) is 4.79 Å². The summed E-state index contributed by atoms with van der Waals surface area (Å²) in [6, 6.07) is 17.5. The number of carbonyl (C=O) groups is 3. The zero-order valence-electron chi connectivity index (χ0n) is 16.7. The van der Waals surface area contributed by atoms with Crippen LogP contribution in [-0.2, 0) is 19.0 Å².